The molecule has 1 N–H and O–H groups in total. The summed E-state index contributed by atoms with van der Waals surface area (Å²) in [5.74, 6) is 0.357. The standard InChI is InChI=1S/C15H14N4O/c1-10-8-9-12-13(18-19(2)14(12)16-10)17-15(20)11-6-4-3-5-7-11/h3-9H,1-2H3,(H,17,18,20). The van der Waals surface area contributed by atoms with Crippen molar-refractivity contribution in [2.24, 2.45) is 7.05 Å². The number of carbonyl (C=O) groups excluding carboxylic acids is 1. The zero-order valence-electron chi connectivity index (χ0n) is 11.3. The minimum atomic E-state index is -0.175. The first-order valence-electron chi connectivity index (χ1n) is 6.32. The number of nitrogens with one attached hydrogen (secondary N) is 1. The number of nitrogens with zero attached hydrogens (tertiary/aromatic N) is 3. The predicted molar refractivity (Wildman–Crippen MR) is 77.6 cm³/mol. The Morgan fingerprint density at radius 3 is 2.65 bits per heavy atom. The molecule has 3 rings (SSSR count). The van der Waals surface area contributed by atoms with Crippen LogP contribution in [0.25, 0.3) is 11.0 Å². The maximum atomic E-state index is 12.2. The van der Waals surface area contributed by atoms with Crippen LogP contribution < -0.4 is 5.32 Å². The van der Waals surface area contributed by atoms with E-state index in [0.717, 1.165) is 16.7 Å². The predicted octanol–water partition coefficient (Wildman–Crippen LogP) is 2.53. The van der Waals surface area contributed by atoms with Crippen LogP contribution in [0.15, 0.2) is 42.5 Å². The van der Waals surface area contributed by atoms with Crippen molar-refractivity contribution in [3.8, 4) is 0 Å². The fraction of sp³-hybridized carbons (Fsp3) is 0.133. The van der Waals surface area contributed by atoms with Crippen LogP contribution >= 0.6 is 0 Å². The van der Waals surface area contributed by atoms with Crippen molar-refractivity contribution in [2.75, 3.05) is 5.32 Å². The van der Waals surface area contributed by atoms with Crippen LogP contribution in [-0.4, -0.2) is 20.7 Å². The summed E-state index contributed by atoms with van der Waals surface area (Å²) in [6, 6.07) is 12.9. The Balaban J connectivity index is 1.98. The Morgan fingerprint density at radius 2 is 1.90 bits per heavy atom. The molecule has 0 aliphatic heterocycles. The first-order chi connectivity index (χ1) is 9.65. The van der Waals surface area contributed by atoms with Crippen LogP contribution in [0.5, 0.6) is 0 Å². The fourth-order valence-electron chi connectivity index (χ4n) is 2.09. The smallest absolute Gasteiger partial charge is 0.256 e. The third-order valence-corrected chi connectivity index (χ3v) is 3.09. The van der Waals surface area contributed by atoms with Gasteiger partial charge in [0.15, 0.2) is 11.5 Å². The molecule has 0 saturated carbocycles. The van der Waals surface area contributed by atoms with Crippen molar-refractivity contribution >= 4 is 22.8 Å². The van der Waals surface area contributed by atoms with E-state index in [9.17, 15) is 4.79 Å². The Labute approximate surface area is 116 Å². The highest BCUT2D eigenvalue weighted by atomic mass is 16.1. The maximum Gasteiger partial charge on any atom is 0.256 e. The number of rotatable bonds is 2. The number of hydrogen-bond donors (Lipinski definition) is 1. The molecular formula is C15H14N4O. The molecule has 100 valence electrons. The fourth-order valence-corrected chi connectivity index (χ4v) is 2.09. The van der Waals surface area contributed by atoms with E-state index < -0.39 is 0 Å². The molecule has 0 aliphatic carbocycles. The molecule has 3 aromatic rings. The molecule has 1 amide bonds. The zero-order chi connectivity index (χ0) is 14.1. The van der Waals surface area contributed by atoms with Gasteiger partial charge in [0.1, 0.15) is 0 Å². The lowest BCUT2D eigenvalue weighted by Gasteiger charge is -2.02. The van der Waals surface area contributed by atoms with E-state index in [-0.39, 0.29) is 5.91 Å². The van der Waals surface area contributed by atoms with Gasteiger partial charge in [-0.1, -0.05) is 18.2 Å². The maximum absolute atomic E-state index is 12.2. The summed E-state index contributed by atoms with van der Waals surface area (Å²) in [6.07, 6.45) is 0. The summed E-state index contributed by atoms with van der Waals surface area (Å²) < 4.78 is 1.67. The molecule has 0 atom stereocenters. The number of aromatic nitrogens is 3. The largest absolute Gasteiger partial charge is 0.305 e. The molecule has 0 saturated heterocycles. The summed E-state index contributed by atoms with van der Waals surface area (Å²) in [7, 11) is 1.81. The number of amides is 1. The minimum Gasteiger partial charge on any atom is -0.305 e. The zero-order valence-corrected chi connectivity index (χ0v) is 11.3. The van der Waals surface area contributed by atoms with Crippen LogP contribution in [0.1, 0.15) is 16.1 Å². The van der Waals surface area contributed by atoms with Crippen LogP contribution in [0, 0.1) is 6.92 Å². The lowest BCUT2D eigenvalue weighted by Crippen LogP contribution is -2.12. The summed E-state index contributed by atoms with van der Waals surface area (Å²) >= 11 is 0. The molecule has 5 heteroatoms. The quantitative estimate of drug-likeness (QED) is 0.775. The van der Waals surface area contributed by atoms with Gasteiger partial charge in [-0.2, -0.15) is 5.10 Å². The Hall–Kier alpha value is -2.69. The molecule has 0 aliphatic rings. The normalized spacial score (nSPS) is 10.7. The molecule has 1 aromatic carbocycles. The monoisotopic (exact) mass is 266 g/mol. The molecule has 0 spiro atoms. The molecule has 0 radical (unpaired) electrons. The van der Waals surface area contributed by atoms with Gasteiger partial charge in [0.05, 0.1) is 5.39 Å². The van der Waals surface area contributed by atoms with Crippen LogP contribution in [0.2, 0.25) is 0 Å². The number of anilines is 1. The number of pyridine rings is 1. The van der Waals surface area contributed by atoms with Gasteiger partial charge in [-0.15, -0.1) is 0 Å². The van der Waals surface area contributed by atoms with E-state index in [1.165, 1.54) is 0 Å². The van der Waals surface area contributed by atoms with Crippen molar-refractivity contribution < 1.29 is 4.79 Å². The Morgan fingerprint density at radius 1 is 1.15 bits per heavy atom. The second kappa shape index (κ2) is 4.77. The SMILES string of the molecule is Cc1ccc2c(NC(=O)c3ccccc3)nn(C)c2n1. The first kappa shape index (κ1) is 12.3. The van der Waals surface area contributed by atoms with Crippen LogP contribution in [0.4, 0.5) is 5.82 Å². The molecule has 2 heterocycles. The van der Waals surface area contributed by atoms with Crippen molar-refractivity contribution in [1.82, 2.24) is 14.8 Å². The van der Waals surface area contributed by atoms with Crippen molar-refractivity contribution in [1.29, 1.82) is 0 Å². The van der Waals surface area contributed by atoms with E-state index in [1.807, 2.05) is 44.3 Å². The summed E-state index contributed by atoms with van der Waals surface area (Å²) in [6.45, 7) is 1.93. The van der Waals surface area contributed by atoms with Crippen LogP contribution in [-0.2, 0) is 7.05 Å². The third-order valence-electron chi connectivity index (χ3n) is 3.09. The number of benzene rings is 1. The summed E-state index contributed by atoms with van der Waals surface area (Å²) in [5.41, 5.74) is 2.28. The summed E-state index contributed by atoms with van der Waals surface area (Å²) in [4.78, 5) is 16.6. The second-order valence-corrected chi connectivity index (χ2v) is 4.62. The highest BCUT2D eigenvalue weighted by Crippen LogP contribution is 2.21. The van der Waals surface area contributed by atoms with Gasteiger partial charge in [-0.3, -0.25) is 4.79 Å². The lowest BCUT2D eigenvalue weighted by atomic mass is 10.2. The average molecular weight is 266 g/mol. The number of hydrogen-bond acceptors (Lipinski definition) is 3. The molecular weight excluding hydrogens is 252 g/mol. The Kier molecular flexibility index (Phi) is 2.95. The number of fused-ring (bicyclic) bond motifs is 1. The van der Waals surface area contributed by atoms with Crippen molar-refractivity contribution in [2.45, 2.75) is 6.92 Å². The molecule has 0 fully saturated rings. The molecule has 0 bridgehead atoms. The van der Waals surface area contributed by atoms with Crippen molar-refractivity contribution in [3.63, 3.8) is 0 Å². The van der Waals surface area contributed by atoms with Gasteiger partial charge >= 0.3 is 0 Å². The van der Waals surface area contributed by atoms with Gasteiger partial charge in [-0.25, -0.2) is 9.67 Å². The van der Waals surface area contributed by atoms with Gasteiger partial charge in [0.2, 0.25) is 0 Å². The Bertz CT molecular complexity index is 777. The van der Waals surface area contributed by atoms with E-state index in [1.54, 1.807) is 16.8 Å². The highest BCUT2D eigenvalue weighted by molar-refractivity contribution is 6.07. The van der Waals surface area contributed by atoms with E-state index >= 15 is 0 Å². The molecule has 5 nitrogen and oxygen atoms in total. The molecule has 0 unspecified atom stereocenters. The van der Waals surface area contributed by atoms with Crippen LogP contribution in [0.3, 0.4) is 0 Å². The highest BCUT2D eigenvalue weighted by Gasteiger charge is 2.13. The lowest BCUT2D eigenvalue weighted by molar-refractivity contribution is 0.102. The molecule has 2 aromatic heterocycles. The number of aryl methyl sites for hydroxylation is 2. The second-order valence-electron chi connectivity index (χ2n) is 4.62. The van der Waals surface area contributed by atoms with Gasteiger partial charge in [0.25, 0.3) is 5.91 Å². The van der Waals surface area contributed by atoms with Crippen molar-refractivity contribution in [3.05, 3.63) is 53.7 Å². The number of carbonyl (C=O) groups is 1. The molecule has 20 heavy (non-hydrogen) atoms. The van der Waals surface area contributed by atoms with Gasteiger partial charge < -0.3 is 5.32 Å². The van der Waals surface area contributed by atoms with E-state index in [4.69, 9.17) is 0 Å². The van der Waals surface area contributed by atoms with E-state index in [0.29, 0.717) is 11.4 Å². The summed E-state index contributed by atoms with van der Waals surface area (Å²) in [5, 5.41) is 7.98. The third kappa shape index (κ3) is 2.14. The topological polar surface area (TPSA) is 59.8 Å². The van der Waals surface area contributed by atoms with Gasteiger partial charge in [-0.05, 0) is 31.2 Å². The minimum absolute atomic E-state index is 0.175. The first-order valence-corrected chi connectivity index (χ1v) is 6.32. The van der Waals surface area contributed by atoms with E-state index in [2.05, 4.69) is 15.4 Å². The van der Waals surface area contributed by atoms with Gasteiger partial charge in [0, 0.05) is 18.3 Å². The average Bonchev–Trinajstić information content (AvgIpc) is 2.76.